The Kier molecular flexibility index (Phi) is 11.2. The van der Waals surface area contributed by atoms with Gasteiger partial charge in [-0.15, -0.1) is 0 Å². The van der Waals surface area contributed by atoms with E-state index >= 15 is 0 Å². The van der Waals surface area contributed by atoms with Gasteiger partial charge >= 0.3 is 6.09 Å². The topological polar surface area (TPSA) is 88.7 Å². The minimum Gasteiger partial charge on any atom is -0.493 e. The number of ether oxygens (including phenoxy) is 3. The maximum Gasteiger partial charge on any atom is 0.407 e. The Hall–Kier alpha value is -4.04. The molecular weight excluding hydrogens is 528 g/mol. The normalized spacial score (nSPS) is 11.5. The van der Waals surface area contributed by atoms with E-state index in [1.165, 1.54) is 0 Å². The number of amides is 1. The van der Waals surface area contributed by atoms with Gasteiger partial charge < -0.3 is 29.4 Å². The van der Waals surface area contributed by atoms with Gasteiger partial charge in [0.1, 0.15) is 29.5 Å². The molecule has 0 aliphatic carbocycles. The number of hydrogen-bond acceptors (Lipinski definition) is 6. The number of fused-ring (bicyclic) bond motifs is 1. The number of aromatic amines is 1. The molecule has 0 unspecified atom stereocenters. The van der Waals surface area contributed by atoms with Crippen molar-refractivity contribution in [3.63, 3.8) is 0 Å². The van der Waals surface area contributed by atoms with Gasteiger partial charge in [0.05, 0.1) is 17.6 Å². The van der Waals surface area contributed by atoms with Crippen molar-refractivity contribution in [3.8, 4) is 11.5 Å². The lowest BCUT2D eigenvalue weighted by Gasteiger charge is -2.25. The molecule has 224 valence electrons. The number of rotatable bonds is 16. The molecule has 1 heterocycles. The van der Waals surface area contributed by atoms with Crippen LogP contribution in [0.4, 0.5) is 4.79 Å². The Morgan fingerprint density at radius 2 is 1.67 bits per heavy atom. The fraction of sp³-hybridized carbons (Fsp3) is 0.412. The summed E-state index contributed by atoms with van der Waals surface area (Å²) >= 11 is 0. The molecule has 4 rings (SSSR count). The van der Waals surface area contributed by atoms with E-state index in [1.807, 2.05) is 86.6 Å². The summed E-state index contributed by atoms with van der Waals surface area (Å²) in [6.07, 6.45) is 1.69. The minimum absolute atomic E-state index is 0.414. The van der Waals surface area contributed by atoms with E-state index in [4.69, 9.17) is 14.2 Å². The Bertz CT molecular complexity index is 1380. The number of carbonyl (C=O) groups excluding carboxylic acids is 1. The van der Waals surface area contributed by atoms with Gasteiger partial charge in [0.2, 0.25) is 0 Å². The summed E-state index contributed by atoms with van der Waals surface area (Å²) in [5.41, 5.74) is 3.32. The smallest absolute Gasteiger partial charge is 0.407 e. The molecule has 3 aromatic carbocycles. The molecule has 8 nitrogen and oxygen atoms in total. The van der Waals surface area contributed by atoms with Crippen molar-refractivity contribution in [1.82, 2.24) is 20.2 Å². The highest BCUT2D eigenvalue weighted by Crippen LogP contribution is 2.22. The van der Waals surface area contributed by atoms with E-state index < -0.39 is 11.7 Å². The van der Waals surface area contributed by atoms with Crippen LogP contribution in [0.15, 0.2) is 72.8 Å². The van der Waals surface area contributed by atoms with Crippen molar-refractivity contribution < 1.29 is 19.0 Å². The van der Waals surface area contributed by atoms with Gasteiger partial charge in [-0.1, -0.05) is 56.3 Å². The van der Waals surface area contributed by atoms with Crippen molar-refractivity contribution >= 4 is 17.1 Å². The fourth-order valence-corrected chi connectivity index (χ4v) is 4.81. The third-order valence-corrected chi connectivity index (χ3v) is 7.09. The van der Waals surface area contributed by atoms with Gasteiger partial charge in [-0.05, 0) is 68.8 Å². The Balaban J connectivity index is 1.17. The molecule has 1 amide bonds. The number of carbonyl (C=O) groups is 1. The highest BCUT2D eigenvalue weighted by atomic mass is 16.6. The van der Waals surface area contributed by atoms with E-state index in [1.54, 1.807) is 0 Å². The van der Waals surface area contributed by atoms with Crippen LogP contribution in [0.5, 0.6) is 11.5 Å². The summed E-state index contributed by atoms with van der Waals surface area (Å²) in [6, 6.07) is 23.9. The largest absolute Gasteiger partial charge is 0.493 e. The van der Waals surface area contributed by atoms with Gasteiger partial charge in [0, 0.05) is 32.0 Å². The molecule has 0 radical (unpaired) electrons. The number of hydrogen-bond donors (Lipinski definition) is 2. The van der Waals surface area contributed by atoms with Gasteiger partial charge in [-0.3, -0.25) is 0 Å². The number of nitrogens with zero attached hydrogens (tertiary/aromatic N) is 2. The van der Waals surface area contributed by atoms with Crippen LogP contribution in [-0.2, 0) is 24.2 Å². The summed E-state index contributed by atoms with van der Waals surface area (Å²) in [5, 5.41) is 2.85. The number of aromatic nitrogens is 2. The van der Waals surface area contributed by atoms with Crippen LogP contribution in [0.1, 0.15) is 51.1 Å². The summed E-state index contributed by atoms with van der Waals surface area (Å²) in [7, 11) is 0. The van der Waals surface area contributed by atoms with Crippen molar-refractivity contribution in [3.05, 3.63) is 89.7 Å². The highest BCUT2D eigenvalue weighted by Gasteiger charge is 2.23. The summed E-state index contributed by atoms with van der Waals surface area (Å²) in [5.74, 6) is 2.44. The van der Waals surface area contributed by atoms with Gasteiger partial charge in [0.25, 0.3) is 0 Å². The van der Waals surface area contributed by atoms with Gasteiger partial charge in [-0.25, -0.2) is 9.78 Å². The first kappa shape index (κ1) is 30.9. The van der Waals surface area contributed by atoms with E-state index in [9.17, 15) is 4.79 Å². The van der Waals surface area contributed by atoms with Crippen LogP contribution in [-0.4, -0.2) is 59.3 Å². The fourth-order valence-electron chi connectivity index (χ4n) is 4.81. The standard InChI is InChI=1S/C34H44N4O4/c1-5-38(6-2)21-10-22-40-29-17-18-30-31(23-29)37-32(36-30)19-20-35-33(39)42-34(3,4)24-26-13-15-28(16-14-26)41-25-27-11-8-7-9-12-27/h7-9,11-18,23H,5-6,10,19-22,24-25H2,1-4H3,(H,35,39)(H,36,37). The highest BCUT2D eigenvalue weighted by molar-refractivity contribution is 5.76. The van der Waals surface area contributed by atoms with Crippen LogP contribution in [0, 0.1) is 0 Å². The van der Waals surface area contributed by atoms with E-state index in [0.717, 1.165) is 65.5 Å². The molecule has 42 heavy (non-hydrogen) atoms. The average Bonchev–Trinajstić information content (AvgIpc) is 3.39. The lowest BCUT2D eigenvalue weighted by molar-refractivity contribution is 0.0394. The molecule has 0 atom stereocenters. The van der Waals surface area contributed by atoms with Gasteiger partial charge in [0.15, 0.2) is 0 Å². The van der Waals surface area contributed by atoms with Crippen LogP contribution in [0.25, 0.3) is 11.0 Å². The van der Waals surface area contributed by atoms with Crippen molar-refractivity contribution in [2.45, 2.75) is 59.2 Å². The Morgan fingerprint density at radius 3 is 2.40 bits per heavy atom. The quantitative estimate of drug-likeness (QED) is 0.148. The maximum atomic E-state index is 12.5. The lowest BCUT2D eigenvalue weighted by Crippen LogP contribution is -2.37. The van der Waals surface area contributed by atoms with Crippen molar-refractivity contribution in [1.29, 1.82) is 0 Å². The molecular formula is C34H44N4O4. The number of benzene rings is 3. The number of nitrogens with one attached hydrogen (secondary N) is 2. The second kappa shape index (κ2) is 15.3. The lowest BCUT2D eigenvalue weighted by atomic mass is 9.98. The van der Waals surface area contributed by atoms with Crippen LogP contribution >= 0.6 is 0 Å². The predicted molar refractivity (Wildman–Crippen MR) is 167 cm³/mol. The molecule has 2 N–H and O–H groups in total. The zero-order valence-corrected chi connectivity index (χ0v) is 25.3. The minimum atomic E-state index is -0.669. The first-order chi connectivity index (χ1) is 20.3. The average molecular weight is 573 g/mol. The number of alkyl carbamates (subject to hydrolysis) is 1. The summed E-state index contributed by atoms with van der Waals surface area (Å²) in [6.45, 7) is 13.0. The first-order valence-electron chi connectivity index (χ1n) is 14.9. The molecule has 0 spiro atoms. The van der Waals surface area contributed by atoms with E-state index in [-0.39, 0.29) is 0 Å². The van der Waals surface area contributed by atoms with Gasteiger partial charge in [-0.2, -0.15) is 0 Å². The molecule has 4 aromatic rings. The van der Waals surface area contributed by atoms with E-state index in [2.05, 4.69) is 34.0 Å². The molecule has 1 aromatic heterocycles. The van der Waals surface area contributed by atoms with Crippen LogP contribution < -0.4 is 14.8 Å². The molecule has 0 saturated carbocycles. The number of H-pyrrole nitrogens is 1. The maximum absolute atomic E-state index is 12.5. The molecule has 0 aliphatic rings. The zero-order chi connectivity index (χ0) is 29.8. The van der Waals surface area contributed by atoms with E-state index in [0.29, 0.717) is 32.6 Å². The SMILES string of the molecule is CCN(CC)CCCOc1ccc2nc(CCNC(=O)OC(C)(C)Cc3ccc(OCc4ccccc4)cc3)[nH]c2c1. The summed E-state index contributed by atoms with van der Waals surface area (Å²) in [4.78, 5) is 22.9. The first-order valence-corrected chi connectivity index (χ1v) is 14.9. The van der Waals surface area contributed by atoms with Crippen molar-refractivity contribution in [2.24, 2.45) is 0 Å². The van der Waals surface area contributed by atoms with Crippen molar-refractivity contribution in [2.75, 3.05) is 32.8 Å². The second-order valence-corrected chi connectivity index (χ2v) is 11.0. The van der Waals surface area contributed by atoms with Crippen LogP contribution in [0.2, 0.25) is 0 Å². The molecule has 8 heteroatoms. The molecule has 0 saturated heterocycles. The molecule has 0 fully saturated rings. The molecule has 0 aliphatic heterocycles. The third-order valence-electron chi connectivity index (χ3n) is 7.09. The number of imidazole rings is 1. The zero-order valence-electron chi connectivity index (χ0n) is 25.3. The Morgan fingerprint density at radius 1 is 0.929 bits per heavy atom. The Labute approximate surface area is 249 Å². The second-order valence-electron chi connectivity index (χ2n) is 11.0. The van der Waals surface area contributed by atoms with Crippen LogP contribution in [0.3, 0.4) is 0 Å². The third kappa shape index (κ3) is 9.80. The predicted octanol–water partition coefficient (Wildman–Crippen LogP) is 6.54. The molecule has 0 bridgehead atoms. The monoisotopic (exact) mass is 572 g/mol. The summed E-state index contributed by atoms with van der Waals surface area (Å²) < 4.78 is 17.5.